The van der Waals surface area contributed by atoms with E-state index in [9.17, 15) is 0 Å². The van der Waals surface area contributed by atoms with Crippen molar-refractivity contribution < 1.29 is 0 Å². The molecule has 3 rings (SSSR count). The first-order chi connectivity index (χ1) is 12.9. The van der Waals surface area contributed by atoms with Gasteiger partial charge >= 0.3 is 0 Å². The van der Waals surface area contributed by atoms with Crippen LogP contribution in [0, 0.1) is 5.92 Å². The molecule has 1 aliphatic carbocycles. The molecule has 0 saturated carbocycles. The summed E-state index contributed by atoms with van der Waals surface area (Å²) in [6.07, 6.45) is 4.20. The summed E-state index contributed by atoms with van der Waals surface area (Å²) in [7, 11) is 0. The fourth-order valence-corrected chi connectivity index (χ4v) is 5.34. The van der Waals surface area contributed by atoms with Crippen LogP contribution in [0.1, 0.15) is 77.4 Å². The third kappa shape index (κ3) is 3.99. The molecule has 0 aliphatic heterocycles. The van der Waals surface area contributed by atoms with Gasteiger partial charge in [0, 0.05) is 28.4 Å². The zero-order valence-electron chi connectivity index (χ0n) is 18.2. The van der Waals surface area contributed by atoms with Crippen molar-refractivity contribution in [3.05, 3.63) is 40.0 Å². The maximum atomic E-state index is 6.67. The highest BCUT2D eigenvalue weighted by molar-refractivity contribution is 7.16. The first kappa shape index (κ1) is 21.3. The van der Waals surface area contributed by atoms with Gasteiger partial charge in [0.05, 0.1) is 10.7 Å². The summed E-state index contributed by atoms with van der Waals surface area (Å²) in [4.78, 5) is 13.5. The van der Waals surface area contributed by atoms with Gasteiger partial charge in [-0.1, -0.05) is 59.7 Å². The minimum absolute atomic E-state index is 0.101. The molecule has 0 aromatic carbocycles. The van der Waals surface area contributed by atoms with Crippen molar-refractivity contribution >= 4 is 39.5 Å². The van der Waals surface area contributed by atoms with E-state index >= 15 is 0 Å². The minimum Gasteiger partial charge on any atom is -0.301 e. The van der Waals surface area contributed by atoms with Gasteiger partial charge in [-0.3, -0.25) is 0 Å². The standard InChI is InChI=1S/C23H32ClN3S/c1-14(2)13-27(20-17(24)11-16(12-25-20)15(3)4)21-26-18-19(28-21)23(7,8)10-9-22(18,5)6/h11-12,14H,3,9-10,13H2,1-2,4-8H3. The highest BCUT2D eigenvalue weighted by atomic mass is 35.5. The predicted molar refractivity (Wildman–Crippen MR) is 123 cm³/mol. The van der Waals surface area contributed by atoms with Crippen LogP contribution in [-0.2, 0) is 10.8 Å². The van der Waals surface area contributed by atoms with E-state index in [-0.39, 0.29) is 10.8 Å². The average molecular weight is 418 g/mol. The molecule has 1 aliphatic rings. The van der Waals surface area contributed by atoms with Gasteiger partial charge in [0.15, 0.2) is 10.9 Å². The summed E-state index contributed by atoms with van der Waals surface area (Å²) in [5.74, 6) is 1.24. The molecule has 0 spiro atoms. The van der Waals surface area contributed by atoms with Gasteiger partial charge in [0.2, 0.25) is 0 Å². The number of pyridine rings is 1. The molecule has 3 nitrogen and oxygen atoms in total. The van der Waals surface area contributed by atoms with Gasteiger partial charge in [-0.15, -0.1) is 11.3 Å². The van der Waals surface area contributed by atoms with Gasteiger partial charge in [0.1, 0.15) is 0 Å². The monoisotopic (exact) mass is 417 g/mol. The Bertz CT molecular complexity index is 862. The van der Waals surface area contributed by atoms with E-state index in [2.05, 4.69) is 53.0 Å². The minimum atomic E-state index is 0.101. The number of hydrogen-bond acceptors (Lipinski definition) is 4. The molecule has 0 N–H and O–H groups in total. The number of thiazole rings is 1. The van der Waals surface area contributed by atoms with Crippen molar-refractivity contribution in [2.45, 2.75) is 72.1 Å². The number of aromatic nitrogens is 2. The number of hydrogen-bond donors (Lipinski definition) is 0. The number of fused-ring (bicyclic) bond motifs is 1. The maximum absolute atomic E-state index is 6.67. The van der Waals surface area contributed by atoms with Gasteiger partial charge in [-0.25, -0.2) is 9.97 Å². The molecule has 5 heteroatoms. The van der Waals surface area contributed by atoms with Crippen molar-refractivity contribution in [1.82, 2.24) is 9.97 Å². The van der Waals surface area contributed by atoms with Gasteiger partial charge < -0.3 is 4.90 Å². The summed E-state index contributed by atoms with van der Waals surface area (Å²) < 4.78 is 0. The van der Waals surface area contributed by atoms with Crippen LogP contribution in [0.25, 0.3) is 5.57 Å². The average Bonchev–Trinajstić information content (AvgIpc) is 3.05. The molecule has 0 atom stereocenters. The Balaban J connectivity index is 2.12. The van der Waals surface area contributed by atoms with Gasteiger partial charge in [-0.05, 0) is 42.9 Å². The summed E-state index contributed by atoms with van der Waals surface area (Å²) in [6, 6.07) is 1.96. The molecule has 0 bridgehead atoms. The normalized spacial score (nSPS) is 17.5. The molecule has 0 amide bonds. The molecule has 0 unspecified atom stereocenters. The SMILES string of the molecule is C=C(C)c1cnc(N(CC(C)C)c2nc3c(s2)C(C)(C)CCC3(C)C)c(Cl)c1. The van der Waals surface area contributed by atoms with Gasteiger partial charge in [-0.2, -0.15) is 0 Å². The highest BCUT2D eigenvalue weighted by Gasteiger charge is 2.41. The van der Waals surface area contributed by atoms with Crippen molar-refractivity contribution in [2.75, 3.05) is 11.4 Å². The molecule has 0 fully saturated rings. The van der Waals surface area contributed by atoms with E-state index in [1.807, 2.05) is 30.5 Å². The van der Waals surface area contributed by atoms with Crippen molar-refractivity contribution in [3.8, 4) is 0 Å². The summed E-state index contributed by atoms with van der Waals surface area (Å²) in [5.41, 5.74) is 3.44. The molecule has 2 aromatic heterocycles. The van der Waals surface area contributed by atoms with E-state index in [4.69, 9.17) is 21.6 Å². The summed E-state index contributed by atoms with van der Waals surface area (Å²) in [5, 5.41) is 1.65. The van der Waals surface area contributed by atoms with Crippen molar-refractivity contribution in [1.29, 1.82) is 0 Å². The Labute approximate surface area is 178 Å². The lowest BCUT2D eigenvalue weighted by Crippen LogP contribution is -2.32. The molecule has 0 saturated heterocycles. The summed E-state index contributed by atoms with van der Waals surface area (Å²) >= 11 is 8.48. The van der Waals surface area contributed by atoms with Crippen LogP contribution < -0.4 is 4.90 Å². The van der Waals surface area contributed by atoms with E-state index in [0.717, 1.165) is 35.1 Å². The Kier molecular flexibility index (Phi) is 5.68. The first-order valence-electron chi connectivity index (χ1n) is 10.0. The van der Waals surface area contributed by atoms with E-state index in [1.165, 1.54) is 17.0 Å². The largest absolute Gasteiger partial charge is 0.301 e. The number of rotatable bonds is 5. The van der Waals surface area contributed by atoms with Crippen LogP contribution in [0.15, 0.2) is 18.8 Å². The van der Waals surface area contributed by atoms with E-state index in [1.54, 1.807) is 0 Å². The van der Waals surface area contributed by atoms with Crippen LogP contribution in [-0.4, -0.2) is 16.5 Å². The number of nitrogens with zero attached hydrogens (tertiary/aromatic N) is 3. The second-order valence-electron chi connectivity index (χ2n) is 9.76. The number of anilines is 2. The third-order valence-corrected chi connectivity index (χ3v) is 7.32. The smallest absolute Gasteiger partial charge is 0.191 e. The first-order valence-corrected chi connectivity index (χ1v) is 11.2. The zero-order chi connectivity index (χ0) is 20.9. The number of halogens is 1. The lowest BCUT2D eigenvalue weighted by Gasteiger charge is -2.37. The lowest BCUT2D eigenvalue weighted by atomic mass is 9.69. The Hall–Kier alpha value is -1.39. The topological polar surface area (TPSA) is 29.0 Å². The quantitative estimate of drug-likeness (QED) is 0.508. The van der Waals surface area contributed by atoms with Crippen LogP contribution in [0.3, 0.4) is 0 Å². The molecule has 2 heterocycles. The predicted octanol–water partition coefficient (Wildman–Crippen LogP) is 7.37. The molecule has 152 valence electrons. The van der Waals surface area contributed by atoms with Crippen molar-refractivity contribution in [3.63, 3.8) is 0 Å². The second-order valence-corrected chi connectivity index (χ2v) is 11.1. The van der Waals surface area contributed by atoms with E-state index in [0.29, 0.717) is 10.9 Å². The third-order valence-electron chi connectivity index (χ3n) is 5.60. The molecular formula is C23H32ClN3S. The Morgan fingerprint density at radius 1 is 1.25 bits per heavy atom. The van der Waals surface area contributed by atoms with Crippen LogP contribution >= 0.6 is 22.9 Å². The second kappa shape index (κ2) is 7.46. The lowest BCUT2D eigenvalue weighted by molar-refractivity contribution is 0.331. The Morgan fingerprint density at radius 3 is 2.43 bits per heavy atom. The maximum Gasteiger partial charge on any atom is 0.191 e. The van der Waals surface area contributed by atoms with E-state index < -0.39 is 0 Å². The fourth-order valence-electron chi connectivity index (χ4n) is 3.68. The summed E-state index contributed by atoms with van der Waals surface area (Å²) in [6.45, 7) is 20.5. The molecular weight excluding hydrogens is 386 g/mol. The van der Waals surface area contributed by atoms with Crippen molar-refractivity contribution in [2.24, 2.45) is 5.92 Å². The van der Waals surface area contributed by atoms with Crippen LogP contribution in [0.4, 0.5) is 10.9 Å². The Morgan fingerprint density at radius 2 is 1.89 bits per heavy atom. The molecule has 0 radical (unpaired) electrons. The van der Waals surface area contributed by atoms with Crippen LogP contribution in [0.2, 0.25) is 5.02 Å². The fraction of sp³-hybridized carbons (Fsp3) is 0.565. The van der Waals surface area contributed by atoms with Crippen LogP contribution in [0.5, 0.6) is 0 Å². The number of allylic oxidation sites excluding steroid dienone is 1. The zero-order valence-corrected chi connectivity index (χ0v) is 19.8. The van der Waals surface area contributed by atoms with Gasteiger partial charge in [0.25, 0.3) is 0 Å². The molecule has 2 aromatic rings. The highest BCUT2D eigenvalue weighted by Crippen LogP contribution is 2.50. The molecule has 28 heavy (non-hydrogen) atoms.